The molecule has 0 fully saturated rings. The summed E-state index contributed by atoms with van der Waals surface area (Å²) in [6.45, 7) is 6.67. The van der Waals surface area contributed by atoms with Crippen LogP contribution in [0.5, 0.6) is 5.75 Å². The minimum atomic E-state index is -0.354. The van der Waals surface area contributed by atoms with Crippen LogP contribution in [0.4, 0.5) is 0 Å². The maximum atomic E-state index is 11.0. The number of hydrogen-bond acceptors (Lipinski definition) is 4. The van der Waals surface area contributed by atoms with E-state index < -0.39 is 0 Å². The zero-order valence-corrected chi connectivity index (χ0v) is 10.6. The standard InChI is InChI=1S/C12H14O3S/c1-7-5-11(16-10(4)14)6-12(8(7)2)15-9(3)13/h5-6H,1-4H3. The molecule has 0 amide bonds. The van der Waals surface area contributed by atoms with Crippen LogP contribution in [0.15, 0.2) is 17.0 Å². The molecule has 0 N–H and O–H groups in total. The third-order valence-electron chi connectivity index (χ3n) is 2.11. The van der Waals surface area contributed by atoms with Crippen molar-refractivity contribution >= 4 is 22.8 Å². The smallest absolute Gasteiger partial charge is 0.308 e. The molecule has 0 unspecified atom stereocenters. The lowest BCUT2D eigenvalue weighted by molar-refractivity contribution is -0.131. The Bertz CT molecular complexity index is 438. The molecule has 0 aliphatic rings. The first-order valence-corrected chi connectivity index (χ1v) is 5.70. The van der Waals surface area contributed by atoms with Crippen LogP contribution in [0, 0.1) is 13.8 Å². The lowest BCUT2D eigenvalue weighted by Gasteiger charge is -2.10. The molecule has 86 valence electrons. The second kappa shape index (κ2) is 5.16. The lowest BCUT2D eigenvalue weighted by atomic mass is 10.1. The molecule has 0 saturated carbocycles. The van der Waals surface area contributed by atoms with Crippen LogP contribution in [-0.4, -0.2) is 11.1 Å². The monoisotopic (exact) mass is 238 g/mol. The van der Waals surface area contributed by atoms with Crippen LogP contribution in [0.1, 0.15) is 25.0 Å². The second-order valence-electron chi connectivity index (χ2n) is 3.55. The summed E-state index contributed by atoms with van der Waals surface area (Å²) < 4.78 is 5.08. The Kier molecular flexibility index (Phi) is 4.12. The van der Waals surface area contributed by atoms with Crippen molar-refractivity contribution in [2.75, 3.05) is 0 Å². The van der Waals surface area contributed by atoms with E-state index in [2.05, 4.69) is 0 Å². The summed E-state index contributed by atoms with van der Waals surface area (Å²) in [5.41, 5.74) is 1.92. The summed E-state index contributed by atoms with van der Waals surface area (Å²) >= 11 is 1.13. The molecule has 16 heavy (non-hydrogen) atoms. The summed E-state index contributed by atoms with van der Waals surface area (Å²) in [4.78, 5) is 22.7. The number of benzene rings is 1. The van der Waals surface area contributed by atoms with Crippen molar-refractivity contribution in [1.29, 1.82) is 0 Å². The van der Waals surface area contributed by atoms with Gasteiger partial charge in [0.25, 0.3) is 0 Å². The molecule has 0 spiro atoms. The second-order valence-corrected chi connectivity index (χ2v) is 4.80. The molecule has 1 aromatic carbocycles. The highest BCUT2D eigenvalue weighted by Gasteiger charge is 2.09. The van der Waals surface area contributed by atoms with Gasteiger partial charge in [0.2, 0.25) is 0 Å². The first-order chi connectivity index (χ1) is 7.40. The molecule has 0 saturated heterocycles. The summed E-state index contributed by atoms with van der Waals surface area (Å²) in [5.74, 6) is 0.170. The normalized spacial score (nSPS) is 10.0. The summed E-state index contributed by atoms with van der Waals surface area (Å²) in [6.07, 6.45) is 0. The number of thioether (sulfide) groups is 1. The van der Waals surface area contributed by atoms with Gasteiger partial charge in [-0.15, -0.1) is 0 Å². The number of ether oxygens (including phenoxy) is 1. The van der Waals surface area contributed by atoms with E-state index in [-0.39, 0.29) is 11.1 Å². The maximum Gasteiger partial charge on any atom is 0.308 e. The molecule has 0 bridgehead atoms. The predicted octanol–water partition coefficient (Wildman–Crippen LogP) is 2.87. The van der Waals surface area contributed by atoms with E-state index in [4.69, 9.17) is 4.74 Å². The number of rotatable bonds is 2. The highest BCUT2D eigenvalue weighted by Crippen LogP contribution is 2.29. The molecule has 4 heteroatoms. The van der Waals surface area contributed by atoms with Gasteiger partial charge in [-0.05, 0) is 37.1 Å². The van der Waals surface area contributed by atoms with Crippen LogP contribution < -0.4 is 4.74 Å². The zero-order valence-electron chi connectivity index (χ0n) is 9.79. The van der Waals surface area contributed by atoms with Crippen LogP contribution in [0.25, 0.3) is 0 Å². The average molecular weight is 238 g/mol. The number of esters is 1. The molecule has 0 heterocycles. The van der Waals surface area contributed by atoms with Crippen LogP contribution in [0.2, 0.25) is 0 Å². The van der Waals surface area contributed by atoms with Gasteiger partial charge in [-0.25, -0.2) is 0 Å². The highest BCUT2D eigenvalue weighted by atomic mass is 32.2. The van der Waals surface area contributed by atoms with Crippen molar-refractivity contribution in [3.8, 4) is 5.75 Å². The molecule has 1 rings (SSSR count). The SMILES string of the molecule is CC(=O)Oc1cc(SC(C)=O)cc(C)c1C. The number of aryl methyl sites for hydroxylation is 1. The van der Waals surface area contributed by atoms with Crippen molar-refractivity contribution < 1.29 is 14.3 Å². The van der Waals surface area contributed by atoms with Crippen molar-refractivity contribution in [2.24, 2.45) is 0 Å². The zero-order chi connectivity index (χ0) is 12.3. The molecule has 0 aromatic heterocycles. The number of carbonyl (C=O) groups is 2. The average Bonchev–Trinajstić information content (AvgIpc) is 2.11. The minimum absolute atomic E-state index is 0.0111. The molecule has 3 nitrogen and oxygen atoms in total. The molecule has 1 aromatic rings. The topological polar surface area (TPSA) is 43.4 Å². The number of carbonyl (C=O) groups excluding carboxylic acids is 2. The Balaban J connectivity index is 3.11. The maximum absolute atomic E-state index is 11.0. The first kappa shape index (κ1) is 12.8. The van der Waals surface area contributed by atoms with E-state index in [1.807, 2.05) is 19.9 Å². The van der Waals surface area contributed by atoms with Gasteiger partial charge < -0.3 is 4.74 Å². The van der Waals surface area contributed by atoms with E-state index in [1.165, 1.54) is 13.8 Å². The van der Waals surface area contributed by atoms with E-state index in [9.17, 15) is 9.59 Å². The quantitative estimate of drug-likeness (QED) is 0.451. The Morgan fingerprint density at radius 1 is 1.19 bits per heavy atom. The van der Waals surface area contributed by atoms with Crippen LogP contribution in [-0.2, 0) is 9.59 Å². The van der Waals surface area contributed by atoms with E-state index in [0.29, 0.717) is 5.75 Å². The van der Waals surface area contributed by atoms with E-state index in [0.717, 1.165) is 27.8 Å². The highest BCUT2D eigenvalue weighted by molar-refractivity contribution is 8.13. The molecular formula is C12H14O3S. The Morgan fingerprint density at radius 3 is 2.31 bits per heavy atom. The summed E-state index contributed by atoms with van der Waals surface area (Å²) in [7, 11) is 0. The van der Waals surface area contributed by atoms with Gasteiger partial charge in [0.15, 0.2) is 5.12 Å². The number of hydrogen-bond donors (Lipinski definition) is 0. The van der Waals surface area contributed by atoms with E-state index >= 15 is 0 Å². The summed E-state index contributed by atoms with van der Waals surface area (Å²) in [5, 5.41) is 0.0111. The first-order valence-electron chi connectivity index (χ1n) is 4.88. The molecular weight excluding hydrogens is 224 g/mol. The van der Waals surface area contributed by atoms with Gasteiger partial charge in [0.05, 0.1) is 0 Å². The predicted molar refractivity (Wildman–Crippen MR) is 63.8 cm³/mol. The molecule has 0 aliphatic carbocycles. The van der Waals surface area contributed by atoms with Gasteiger partial charge in [0, 0.05) is 18.7 Å². The van der Waals surface area contributed by atoms with Gasteiger partial charge in [-0.1, -0.05) is 11.8 Å². The lowest BCUT2D eigenvalue weighted by Crippen LogP contribution is -2.03. The summed E-state index contributed by atoms with van der Waals surface area (Å²) in [6, 6.07) is 3.63. The Hall–Kier alpha value is -1.29. The minimum Gasteiger partial charge on any atom is -0.426 e. The van der Waals surface area contributed by atoms with Gasteiger partial charge >= 0.3 is 5.97 Å². The fourth-order valence-corrected chi connectivity index (χ4v) is 2.01. The van der Waals surface area contributed by atoms with Crippen LogP contribution >= 0.6 is 11.8 Å². The fraction of sp³-hybridized carbons (Fsp3) is 0.333. The van der Waals surface area contributed by atoms with Gasteiger partial charge in [-0.3, -0.25) is 9.59 Å². The van der Waals surface area contributed by atoms with Crippen molar-refractivity contribution in [2.45, 2.75) is 32.6 Å². The van der Waals surface area contributed by atoms with Gasteiger partial charge in [-0.2, -0.15) is 0 Å². The van der Waals surface area contributed by atoms with E-state index in [1.54, 1.807) is 6.07 Å². The molecule has 0 atom stereocenters. The van der Waals surface area contributed by atoms with Crippen molar-refractivity contribution in [1.82, 2.24) is 0 Å². The molecule has 0 aliphatic heterocycles. The Labute approximate surface area is 99.2 Å². The van der Waals surface area contributed by atoms with Crippen molar-refractivity contribution in [3.63, 3.8) is 0 Å². The largest absolute Gasteiger partial charge is 0.426 e. The van der Waals surface area contributed by atoms with Gasteiger partial charge in [0.1, 0.15) is 5.75 Å². The third kappa shape index (κ3) is 3.38. The molecule has 0 radical (unpaired) electrons. The fourth-order valence-electron chi connectivity index (χ4n) is 1.28. The van der Waals surface area contributed by atoms with Crippen molar-refractivity contribution in [3.05, 3.63) is 23.3 Å². The Morgan fingerprint density at radius 2 is 1.81 bits per heavy atom. The third-order valence-corrected chi connectivity index (χ3v) is 2.87. The van der Waals surface area contributed by atoms with Crippen LogP contribution in [0.3, 0.4) is 0 Å².